The van der Waals surface area contributed by atoms with E-state index >= 15 is 0 Å². The van der Waals surface area contributed by atoms with E-state index in [1.807, 2.05) is 19.1 Å². The first-order chi connectivity index (χ1) is 15.3. The molecule has 9 heteroatoms. The second-order valence-corrected chi connectivity index (χ2v) is 8.15. The first-order valence-electron chi connectivity index (χ1n) is 11.0. The normalized spacial score (nSPS) is 20.1. The highest BCUT2D eigenvalue weighted by atomic mass is 16.5. The average molecular weight is 439 g/mol. The molecule has 1 spiro atoms. The minimum Gasteiger partial charge on any atom is -0.372 e. The number of nitrogens with one attached hydrogen (secondary N) is 1. The van der Waals surface area contributed by atoms with Crippen LogP contribution in [-0.4, -0.2) is 47.6 Å². The van der Waals surface area contributed by atoms with Gasteiger partial charge >= 0.3 is 6.03 Å². The van der Waals surface area contributed by atoms with Gasteiger partial charge in [-0.25, -0.2) is 9.78 Å². The number of carbonyl (C=O) groups is 1. The molecular formula is C23H30N6O3. The second kappa shape index (κ2) is 8.05. The Labute approximate surface area is 187 Å². The molecule has 1 saturated heterocycles. The van der Waals surface area contributed by atoms with Gasteiger partial charge < -0.3 is 15.0 Å². The van der Waals surface area contributed by atoms with Crippen molar-refractivity contribution in [3.05, 3.63) is 51.2 Å². The quantitative estimate of drug-likeness (QED) is 0.792. The molecule has 0 saturated carbocycles. The molecule has 1 aromatic carbocycles. The van der Waals surface area contributed by atoms with Crippen molar-refractivity contribution < 1.29 is 9.53 Å². The van der Waals surface area contributed by atoms with E-state index in [9.17, 15) is 9.59 Å². The molecule has 32 heavy (non-hydrogen) atoms. The van der Waals surface area contributed by atoms with Gasteiger partial charge in [-0.3, -0.25) is 9.69 Å². The van der Waals surface area contributed by atoms with Gasteiger partial charge in [-0.1, -0.05) is 0 Å². The molecule has 0 radical (unpaired) electrons. The van der Waals surface area contributed by atoms with Gasteiger partial charge in [0.1, 0.15) is 0 Å². The maximum atomic E-state index is 13.4. The highest BCUT2D eigenvalue weighted by Crippen LogP contribution is 2.41. The van der Waals surface area contributed by atoms with Crippen LogP contribution in [0.4, 0.5) is 16.2 Å². The lowest BCUT2D eigenvalue weighted by molar-refractivity contribution is 0.0139. The maximum absolute atomic E-state index is 13.4. The summed E-state index contributed by atoms with van der Waals surface area (Å²) in [4.78, 5) is 34.8. The number of urea groups is 1. The highest BCUT2D eigenvalue weighted by molar-refractivity contribution is 6.05. The van der Waals surface area contributed by atoms with Gasteiger partial charge in [-0.2, -0.15) is 9.78 Å². The second-order valence-electron chi connectivity index (χ2n) is 8.15. The van der Waals surface area contributed by atoms with E-state index < -0.39 is 5.72 Å². The molecule has 4 rings (SSSR count). The van der Waals surface area contributed by atoms with E-state index in [0.29, 0.717) is 35.0 Å². The topological polar surface area (TPSA) is 92.1 Å². The van der Waals surface area contributed by atoms with E-state index in [4.69, 9.17) is 4.74 Å². The molecule has 1 N–H and O–H groups in total. The van der Waals surface area contributed by atoms with E-state index in [1.165, 1.54) is 4.68 Å². The smallest absolute Gasteiger partial charge is 0.325 e. The summed E-state index contributed by atoms with van der Waals surface area (Å²) < 4.78 is 7.60. The Morgan fingerprint density at radius 2 is 1.88 bits per heavy atom. The predicted molar refractivity (Wildman–Crippen MR) is 125 cm³/mol. The number of fused-ring (bicyclic) bond motifs is 2. The van der Waals surface area contributed by atoms with Gasteiger partial charge in [0.15, 0.2) is 5.82 Å². The zero-order valence-electron chi connectivity index (χ0n) is 19.5. The van der Waals surface area contributed by atoms with Crippen LogP contribution in [0.1, 0.15) is 43.4 Å². The number of nitrogens with zero attached hydrogens (tertiary/aromatic N) is 5. The number of anilines is 2. The van der Waals surface area contributed by atoms with Crippen molar-refractivity contribution in [2.45, 2.75) is 47.3 Å². The summed E-state index contributed by atoms with van der Waals surface area (Å²) in [6.45, 7) is 13.8. The number of aromatic nitrogens is 2. The minimum atomic E-state index is -1.40. The lowest BCUT2D eigenvalue weighted by Crippen LogP contribution is -2.56. The van der Waals surface area contributed by atoms with Crippen molar-refractivity contribution >= 4 is 23.1 Å². The molecule has 1 aromatic heterocycles. The third-order valence-corrected chi connectivity index (χ3v) is 6.33. The van der Waals surface area contributed by atoms with Gasteiger partial charge in [0.25, 0.3) is 11.3 Å². The summed E-state index contributed by atoms with van der Waals surface area (Å²) in [6, 6.07) is 5.67. The van der Waals surface area contributed by atoms with Crippen molar-refractivity contribution in [1.29, 1.82) is 0 Å². The lowest BCUT2D eigenvalue weighted by Gasteiger charge is -2.38. The summed E-state index contributed by atoms with van der Waals surface area (Å²) in [7, 11) is 0. The number of hydrogen-bond donors (Lipinski definition) is 1. The molecule has 2 aliphatic rings. The highest BCUT2D eigenvalue weighted by Gasteiger charge is 2.55. The first-order valence-corrected chi connectivity index (χ1v) is 11.0. The van der Waals surface area contributed by atoms with Crippen molar-refractivity contribution in [2.75, 3.05) is 36.0 Å². The zero-order valence-corrected chi connectivity index (χ0v) is 19.5. The third kappa shape index (κ3) is 3.10. The summed E-state index contributed by atoms with van der Waals surface area (Å²) >= 11 is 0. The minimum absolute atomic E-state index is 0.258. The number of hydrogen-bond acceptors (Lipinski definition) is 6. The molecular weight excluding hydrogens is 408 g/mol. The van der Waals surface area contributed by atoms with Crippen molar-refractivity contribution in [3.63, 3.8) is 0 Å². The molecule has 2 aliphatic heterocycles. The van der Waals surface area contributed by atoms with Crippen LogP contribution in [-0.2, 0) is 10.5 Å². The van der Waals surface area contributed by atoms with Crippen molar-refractivity contribution in [2.24, 2.45) is 5.10 Å². The molecule has 3 heterocycles. The molecule has 0 bridgehead atoms. The Morgan fingerprint density at radius 1 is 1.16 bits per heavy atom. The standard InChI is InChI=1S/C23H30N6O3/c1-7-27(8-2)18-9-10-19(14(3)13-18)28-22(31)24-11-12-32-23(28)17(6)26-29-20(30)15(4)16(5)25-21(23)29/h9-10,13H,7-8,11-12H2,1-6H3,(H,24,31). The summed E-state index contributed by atoms with van der Waals surface area (Å²) in [6.07, 6.45) is 0. The van der Waals surface area contributed by atoms with E-state index in [1.54, 1.807) is 25.7 Å². The van der Waals surface area contributed by atoms with Crippen molar-refractivity contribution in [1.82, 2.24) is 15.0 Å². The summed E-state index contributed by atoms with van der Waals surface area (Å²) in [5, 5.41) is 7.39. The molecule has 170 valence electrons. The zero-order chi connectivity index (χ0) is 23.2. The monoisotopic (exact) mass is 438 g/mol. The molecule has 0 aliphatic carbocycles. The summed E-state index contributed by atoms with van der Waals surface area (Å²) in [5.41, 5.74) is 2.60. The molecule has 1 unspecified atom stereocenters. The number of ether oxygens (including phenoxy) is 1. The van der Waals surface area contributed by atoms with E-state index in [2.05, 4.69) is 40.2 Å². The fourth-order valence-electron chi connectivity index (χ4n) is 4.42. The average Bonchev–Trinajstić information content (AvgIpc) is 2.92. The largest absolute Gasteiger partial charge is 0.372 e. The van der Waals surface area contributed by atoms with E-state index in [-0.39, 0.29) is 18.2 Å². The van der Waals surface area contributed by atoms with Crippen LogP contribution in [0.2, 0.25) is 0 Å². The predicted octanol–water partition coefficient (Wildman–Crippen LogP) is 2.65. The number of carbonyl (C=O) groups excluding carboxylic acids is 1. The third-order valence-electron chi connectivity index (χ3n) is 6.33. The summed E-state index contributed by atoms with van der Waals surface area (Å²) in [5.74, 6) is 0.298. The van der Waals surface area contributed by atoms with Crippen LogP contribution in [0, 0.1) is 20.8 Å². The molecule has 2 amide bonds. The number of aryl methyl sites for hydroxylation is 2. The van der Waals surface area contributed by atoms with Gasteiger partial charge in [-0.15, -0.1) is 0 Å². The van der Waals surface area contributed by atoms with Gasteiger partial charge in [0.2, 0.25) is 0 Å². The van der Waals surface area contributed by atoms with Crippen LogP contribution in [0.15, 0.2) is 28.1 Å². The number of amides is 2. The van der Waals surface area contributed by atoms with Gasteiger partial charge in [0.05, 0.1) is 18.0 Å². The van der Waals surface area contributed by atoms with Crippen LogP contribution >= 0.6 is 0 Å². The van der Waals surface area contributed by atoms with Gasteiger partial charge in [0, 0.05) is 36.6 Å². The Kier molecular flexibility index (Phi) is 5.54. The fraction of sp³-hybridized carbons (Fsp3) is 0.478. The Balaban J connectivity index is 1.95. The Morgan fingerprint density at radius 3 is 2.53 bits per heavy atom. The van der Waals surface area contributed by atoms with Gasteiger partial charge in [-0.05, 0) is 65.3 Å². The van der Waals surface area contributed by atoms with Crippen molar-refractivity contribution in [3.8, 4) is 0 Å². The van der Waals surface area contributed by atoms with Crippen LogP contribution in [0.25, 0.3) is 0 Å². The van der Waals surface area contributed by atoms with Crippen LogP contribution < -0.4 is 20.7 Å². The lowest BCUT2D eigenvalue weighted by atomic mass is 10.0. The Hall–Kier alpha value is -3.20. The maximum Gasteiger partial charge on any atom is 0.325 e. The number of rotatable bonds is 4. The molecule has 1 atom stereocenters. The Bertz CT molecular complexity index is 1170. The van der Waals surface area contributed by atoms with Crippen LogP contribution in [0.3, 0.4) is 0 Å². The first kappa shape index (κ1) is 22.0. The molecule has 2 aromatic rings. The fourth-order valence-corrected chi connectivity index (χ4v) is 4.42. The number of benzene rings is 1. The molecule has 9 nitrogen and oxygen atoms in total. The molecule has 1 fully saturated rings. The SMILES string of the molecule is CCN(CC)c1ccc(N2C(=O)NCCOC23C(C)=Nn2c3nc(C)c(C)c2=O)c(C)c1. The van der Waals surface area contributed by atoms with E-state index in [0.717, 1.165) is 24.3 Å². The van der Waals surface area contributed by atoms with Crippen LogP contribution in [0.5, 0.6) is 0 Å².